The van der Waals surface area contributed by atoms with Gasteiger partial charge in [-0.2, -0.15) is 0 Å². The third kappa shape index (κ3) is 3.92. The minimum Gasteiger partial charge on any atom is -0.294 e. The van der Waals surface area contributed by atoms with Crippen LogP contribution in [0.4, 0.5) is 0 Å². The van der Waals surface area contributed by atoms with E-state index >= 15 is 0 Å². The maximum absolute atomic E-state index is 12.1. The molecule has 104 valence electrons. The lowest BCUT2D eigenvalue weighted by Crippen LogP contribution is -2.06. The SMILES string of the molecule is O=C(CCS(=O)c1ccc(Cl)c(Cl)c1)c1ccccc1. The molecule has 5 heteroatoms. The smallest absolute Gasteiger partial charge is 0.163 e. The predicted molar refractivity (Wildman–Crippen MR) is 83.1 cm³/mol. The van der Waals surface area contributed by atoms with E-state index in [1.165, 1.54) is 0 Å². The van der Waals surface area contributed by atoms with Crippen molar-refractivity contribution >= 4 is 39.8 Å². The van der Waals surface area contributed by atoms with E-state index in [4.69, 9.17) is 23.2 Å². The molecule has 20 heavy (non-hydrogen) atoms. The van der Waals surface area contributed by atoms with Crippen LogP contribution in [0.15, 0.2) is 53.4 Å². The second-order valence-corrected chi connectivity index (χ2v) is 6.55. The normalized spacial score (nSPS) is 12.1. The maximum atomic E-state index is 12.1. The molecule has 0 aliphatic rings. The number of ketones is 1. The number of carbonyl (C=O) groups is 1. The van der Waals surface area contributed by atoms with Crippen LogP contribution in [0.1, 0.15) is 16.8 Å². The highest BCUT2D eigenvalue weighted by molar-refractivity contribution is 7.85. The number of benzene rings is 2. The zero-order chi connectivity index (χ0) is 14.5. The van der Waals surface area contributed by atoms with Crippen LogP contribution < -0.4 is 0 Å². The lowest BCUT2D eigenvalue weighted by Gasteiger charge is -2.04. The third-order valence-corrected chi connectivity index (χ3v) is 4.86. The number of carbonyl (C=O) groups excluding carboxylic acids is 1. The summed E-state index contributed by atoms with van der Waals surface area (Å²) in [5.41, 5.74) is 0.638. The van der Waals surface area contributed by atoms with Crippen molar-refractivity contribution in [2.75, 3.05) is 5.75 Å². The summed E-state index contributed by atoms with van der Waals surface area (Å²) in [7, 11) is -1.26. The van der Waals surface area contributed by atoms with E-state index in [1.807, 2.05) is 18.2 Å². The first kappa shape index (κ1) is 15.2. The summed E-state index contributed by atoms with van der Waals surface area (Å²) >= 11 is 11.7. The second-order valence-electron chi connectivity index (χ2n) is 4.16. The standard InChI is InChI=1S/C15H12Cl2O2S/c16-13-7-6-12(10-14(13)17)20(19)9-8-15(18)11-4-2-1-3-5-11/h1-7,10H,8-9H2. The van der Waals surface area contributed by atoms with E-state index in [0.29, 0.717) is 20.5 Å². The van der Waals surface area contributed by atoms with Crippen LogP contribution in [0, 0.1) is 0 Å². The molecule has 0 saturated carbocycles. The molecule has 2 aromatic rings. The molecule has 0 heterocycles. The molecular weight excluding hydrogens is 315 g/mol. The van der Waals surface area contributed by atoms with Gasteiger partial charge in [-0.15, -0.1) is 0 Å². The van der Waals surface area contributed by atoms with Crippen LogP contribution in [-0.2, 0) is 10.8 Å². The van der Waals surface area contributed by atoms with Crippen LogP contribution in [0.2, 0.25) is 10.0 Å². The molecule has 1 atom stereocenters. The summed E-state index contributed by atoms with van der Waals surface area (Å²) in [5, 5.41) is 0.791. The summed E-state index contributed by atoms with van der Waals surface area (Å²) in [6.45, 7) is 0. The van der Waals surface area contributed by atoms with Gasteiger partial charge in [0.2, 0.25) is 0 Å². The summed E-state index contributed by atoms with van der Waals surface area (Å²) in [5.74, 6) is 0.255. The summed E-state index contributed by atoms with van der Waals surface area (Å²) in [6, 6.07) is 13.8. The van der Waals surface area contributed by atoms with Crippen molar-refractivity contribution in [3.63, 3.8) is 0 Å². The van der Waals surface area contributed by atoms with Crippen molar-refractivity contribution in [3.05, 3.63) is 64.1 Å². The van der Waals surface area contributed by atoms with E-state index in [1.54, 1.807) is 30.3 Å². The first-order valence-electron chi connectivity index (χ1n) is 5.99. The van der Waals surface area contributed by atoms with Gasteiger partial charge in [-0.05, 0) is 18.2 Å². The number of Topliss-reactive ketones (excluding diaryl/α,β-unsaturated/α-hetero) is 1. The summed E-state index contributed by atoms with van der Waals surface area (Å²) in [4.78, 5) is 12.5. The van der Waals surface area contributed by atoms with Gasteiger partial charge in [-0.3, -0.25) is 9.00 Å². The molecule has 0 N–H and O–H groups in total. The van der Waals surface area contributed by atoms with Crippen molar-refractivity contribution in [2.45, 2.75) is 11.3 Å². The Morgan fingerprint density at radius 2 is 1.70 bits per heavy atom. The zero-order valence-corrected chi connectivity index (χ0v) is 12.8. The molecule has 0 aliphatic carbocycles. The number of halogens is 2. The largest absolute Gasteiger partial charge is 0.294 e. The lowest BCUT2D eigenvalue weighted by atomic mass is 10.1. The first-order valence-corrected chi connectivity index (χ1v) is 8.07. The Labute approximate surface area is 130 Å². The molecule has 0 bridgehead atoms. The van der Waals surface area contributed by atoms with Crippen molar-refractivity contribution in [2.24, 2.45) is 0 Å². The lowest BCUT2D eigenvalue weighted by molar-refractivity contribution is 0.0989. The number of rotatable bonds is 5. The Kier molecular flexibility index (Phi) is 5.35. The highest BCUT2D eigenvalue weighted by Gasteiger charge is 2.10. The van der Waals surface area contributed by atoms with E-state index < -0.39 is 10.8 Å². The van der Waals surface area contributed by atoms with Gasteiger partial charge in [0.15, 0.2) is 5.78 Å². The summed E-state index contributed by atoms with van der Waals surface area (Å²) in [6.07, 6.45) is 0.233. The molecule has 0 aliphatic heterocycles. The molecule has 0 amide bonds. The Morgan fingerprint density at radius 1 is 1.00 bits per heavy atom. The van der Waals surface area contributed by atoms with Gasteiger partial charge in [0.1, 0.15) is 0 Å². The Bertz CT molecular complexity index is 642. The topological polar surface area (TPSA) is 34.1 Å². The molecule has 0 spiro atoms. The number of hydrogen-bond acceptors (Lipinski definition) is 2. The van der Waals surface area contributed by atoms with Crippen molar-refractivity contribution in [1.82, 2.24) is 0 Å². The van der Waals surface area contributed by atoms with Crippen LogP contribution in [0.5, 0.6) is 0 Å². The van der Waals surface area contributed by atoms with Crippen LogP contribution in [-0.4, -0.2) is 15.7 Å². The molecule has 0 saturated heterocycles. The molecule has 2 nitrogen and oxygen atoms in total. The highest BCUT2D eigenvalue weighted by Crippen LogP contribution is 2.24. The van der Waals surface area contributed by atoms with Crippen LogP contribution >= 0.6 is 23.2 Å². The van der Waals surface area contributed by atoms with E-state index in [9.17, 15) is 9.00 Å². The highest BCUT2D eigenvalue weighted by atomic mass is 35.5. The zero-order valence-electron chi connectivity index (χ0n) is 10.5. The minimum absolute atomic E-state index is 0.0148. The quantitative estimate of drug-likeness (QED) is 0.764. The summed E-state index contributed by atoms with van der Waals surface area (Å²) < 4.78 is 12.1. The first-order chi connectivity index (χ1) is 9.58. The van der Waals surface area contributed by atoms with E-state index in [0.717, 1.165) is 0 Å². The third-order valence-electron chi connectivity index (χ3n) is 2.76. The Morgan fingerprint density at radius 3 is 2.35 bits per heavy atom. The van der Waals surface area contributed by atoms with Crippen molar-refractivity contribution in [3.8, 4) is 0 Å². The molecule has 2 aromatic carbocycles. The second kappa shape index (κ2) is 7.02. The fourth-order valence-electron chi connectivity index (χ4n) is 1.69. The number of hydrogen-bond donors (Lipinski definition) is 0. The molecule has 0 radical (unpaired) electrons. The van der Waals surface area contributed by atoms with Gasteiger partial charge in [-0.25, -0.2) is 0 Å². The maximum Gasteiger partial charge on any atom is 0.163 e. The molecule has 2 rings (SSSR count). The van der Waals surface area contributed by atoms with E-state index in [2.05, 4.69) is 0 Å². The fourth-order valence-corrected chi connectivity index (χ4v) is 3.13. The van der Waals surface area contributed by atoms with Gasteiger partial charge < -0.3 is 0 Å². The van der Waals surface area contributed by atoms with Gasteiger partial charge in [-0.1, -0.05) is 53.5 Å². The van der Waals surface area contributed by atoms with Crippen LogP contribution in [0.25, 0.3) is 0 Å². The van der Waals surface area contributed by atoms with Gasteiger partial charge in [0.25, 0.3) is 0 Å². The molecule has 0 fully saturated rings. The molecule has 0 aromatic heterocycles. The predicted octanol–water partition coefficient (Wildman–Crippen LogP) is 4.37. The Balaban J connectivity index is 1.98. The van der Waals surface area contributed by atoms with Crippen molar-refractivity contribution in [1.29, 1.82) is 0 Å². The van der Waals surface area contributed by atoms with Gasteiger partial charge in [0.05, 0.1) is 20.8 Å². The van der Waals surface area contributed by atoms with Crippen LogP contribution in [0.3, 0.4) is 0 Å². The Hall–Kier alpha value is -1.16. The van der Waals surface area contributed by atoms with E-state index in [-0.39, 0.29) is 18.0 Å². The minimum atomic E-state index is -1.26. The monoisotopic (exact) mass is 326 g/mol. The fraction of sp³-hybridized carbons (Fsp3) is 0.133. The van der Waals surface area contributed by atoms with Gasteiger partial charge >= 0.3 is 0 Å². The average molecular weight is 327 g/mol. The van der Waals surface area contributed by atoms with Gasteiger partial charge in [0, 0.05) is 22.6 Å². The average Bonchev–Trinajstić information content (AvgIpc) is 2.48. The molecular formula is C15H12Cl2O2S. The van der Waals surface area contributed by atoms with Crippen molar-refractivity contribution < 1.29 is 9.00 Å². The molecule has 1 unspecified atom stereocenters.